The molecule has 1 rings (SSSR count). The van der Waals surface area contributed by atoms with Crippen molar-refractivity contribution in [3.63, 3.8) is 0 Å². The number of hydrogen-bond donors (Lipinski definition) is 0. The standard InChI is InChI=1S/C9H16FN3/c1-6(2)9-8(5-10)13(7(3)4)12-11-9/h6-7H,5H2,1-4H3. The van der Waals surface area contributed by atoms with Gasteiger partial charge in [-0.3, -0.25) is 0 Å². The van der Waals surface area contributed by atoms with Crippen molar-refractivity contribution >= 4 is 0 Å². The first-order valence-electron chi connectivity index (χ1n) is 4.57. The zero-order valence-electron chi connectivity index (χ0n) is 8.58. The third kappa shape index (κ3) is 1.87. The molecule has 0 aliphatic rings. The minimum atomic E-state index is -0.487. The van der Waals surface area contributed by atoms with Crippen molar-refractivity contribution in [1.29, 1.82) is 0 Å². The highest BCUT2D eigenvalue weighted by Gasteiger charge is 2.16. The second-order valence-electron chi connectivity index (χ2n) is 3.75. The molecule has 0 N–H and O–H groups in total. The molecule has 0 aromatic carbocycles. The Kier molecular flexibility index (Phi) is 3.01. The van der Waals surface area contributed by atoms with Crippen LogP contribution in [0.1, 0.15) is 51.0 Å². The zero-order valence-corrected chi connectivity index (χ0v) is 8.58. The second-order valence-corrected chi connectivity index (χ2v) is 3.75. The van der Waals surface area contributed by atoms with Gasteiger partial charge in [0.05, 0.1) is 11.4 Å². The quantitative estimate of drug-likeness (QED) is 0.724. The first kappa shape index (κ1) is 10.2. The molecule has 0 bridgehead atoms. The molecule has 4 heteroatoms. The average Bonchev–Trinajstić information content (AvgIpc) is 2.46. The summed E-state index contributed by atoms with van der Waals surface area (Å²) in [4.78, 5) is 0. The van der Waals surface area contributed by atoms with Gasteiger partial charge in [0.15, 0.2) is 0 Å². The van der Waals surface area contributed by atoms with E-state index in [1.807, 2.05) is 27.7 Å². The van der Waals surface area contributed by atoms with Crippen molar-refractivity contribution in [3.8, 4) is 0 Å². The highest BCUT2D eigenvalue weighted by molar-refractivity contribution is 5.13. The Morgan fingerprint density at radius 3 is 2.31 bits per heavy atom. The van der Waals surface area contributed by atoms with Gasteiger partial charge >= 0.3 is 0 Å². The smallest absolute Gasteiger partial charge is 0.133 e. The molecule has 0 aliphatic carbocycles. The Bertz CT molecular complexity index is 253. The molecule has 0 spiro atoms. The Hall–Kier alpha value is -0.930. The summed E-state index contributed by atoms with van der Waals surface area (Å²) in [6.45, 7) is 7.44. The summed E-state index contributed by atoms with van der Waals surface area (Å²) in [6.07, 6.45) is 0. The largest absolute Gasteiger partial charge is 0.244 e. The van der Waals surface area contributed by atoms with Gasteiger partial charge in [0, 0.05) is 6.04 Å². The summed E-state index contributed by atoms with van der Waals surface area (Å²) in [5.74, 6) is 0.234. The lowest BCUT2D eigenvalue weighted by Gasteiger charge is -2.08. The van der Waals surface area contributed by atoms with E-state index >= 15 is 0 Å². The maximum Gasteiger partial charge on any atom is 0.133 e. The summed E-state index contributed by atoms with van der Waals surface area (Å²) >= 11 is 0. The first-order valence-corrected chi connectivity index (χ1v) is 4.57. The molecular formula is C9H16FN3. The molecule has 0 fully saturated rings. The third-order valence-electron chi connectivity index (χ3n) is 1.98. The lowest BCUT2D eigenvalue weighted by molar-refractivity contribution is 0.417. The van der Waals surface area contributed by atoms with Crippen LogP contribution >= 0.6 is 0 Å². The minimum Gasteiger partial charge on any atom is -0.244 e. The summed E-state index contributed by atoms with van der Waals surface area (Å²) < 4.78 is 14.3. The van der Waals surface area contributed by atoms with Gasteiger partial charge in [0.2, 0.25) is 0 Å². The molecule has 3 nitrogen and oxygen atoms in total. The molecular weight excluding hydrogens is 169 g/mol. The van der Waals surface area contributed by atoms with E-state index in [1.165, 1.54) is 0 Å². The lowest BCUT2D eigenvalue weighted by atomic mass is 10.1. The monoisotopic (exact) mass is 185 g/mol. The van der Waals surface area contributed by atoms with Crippen molar-refractivity contribution in [2.45, 2.75) is 46.3 Å². The van der Waals surface area contributed by atoms with Crippen LogP contribution in [0.3, 0.4) is 0 Å². The predicted octanol–water partition coefficient (Wildman–Crippen LogP) is 2.45. The van der Waals surface area contributed by atoms with Crippen LogP contribution in [0.15, 0.2) is 0 Å². The highest BCUT2D eigenvalue weighted by atomic mass is 19.1. The fourth-order valence-corrected chi connectivity index (χ4v) is 1.32. The van der Waals surface area contributed by atoms with Gasteiger partial charge in [-0.1, -0.05) is 19.1 Å². The Balaban J connectivity index is 3.10. The number of alkyl halides is 1. The van der Waals surface area contributed by atoms with Crippen LogP contribution in [-0.2, 0) is 6.67 Å². The van der Waals surface area contributed by atoms with Crippen LogP contribution < -0.4 is 0 Å². The summed E-state index contributed by atoms with van der Waals surface area (Å²) in [7, 11) is 0. The van der Waals surface area contributed by atoms with E-state index in [1.54, 1.807) is 4.68 Å². The van der Waals surface area contributed by atoms with Crippen molar-refractivity contribution in [2.75, 3.05) is 0 Å². The van der Waals surface area contributed by atoms with Crippen LogP contribution in [0.25, 0.3) is 0 Å². The molecule has 74 valence electrons. The van der Waals surface area contributed by atoms with Crippen molar-refractivity contribution in [3.05, 3.63) is 11.4 Å². The summed E-state index contributed by atoms with van der Waals surface area (Å²) in [5.41, 5.74) is 1.39. The predicted molar refractivity (Wildman–Crippen MR) is 49.3 cm³/mol. The van der Waals surface area contributed by atoms with Gasteiger partial charge in [-0.25, -0.2) is 9.07 Å². The number of aromatic nitrogens is 3. The van der Waals surface area contributed by atoms with Gasteiger partial charge in [-0.05, 0) is 19.8 Å². The molecule has 0 aliphatic heterocycles. The molecule has 0 unspecified atom stereocenters. The lowest BCUT2D eigenvalue weighted by Crippen LogP contribution is -2.07. The summed E-state index contributed by atoms with van der Waals surface area (Å²) in [5, 5.41) is 7.92. The van der Waals surface area contributed by atoms with E-state index in [2.05, 4.69) is 10.3 Å². The first-order chi connectivity index (χ1) is 6.07. The van der Waals surface area contributed by atoms with Gasteiger partial charge in [0.1, 0.15) is 6.67 Å². The van der Waals surface area contributed by atoms with E-state index in [-0.39, 0.29) is 12.0 Å². The van der Waals surface area contributed by atoms with E-state index in [0.717, 1.165) is 5.69 Å². The molecule has 0 saturated heterocycles. The van der Waals surface area contributed by atoms with Crippen LogP contribution in [0.5, 0.6) is 0 Å². The van der Waals surface area contributed by atoms with E-state index in [9.17, 15) is 4.39 Å². The van der Waals surface area contributed by atoms with Crippen molar-refractivity contribution in [2.24, 2.45) is 0 Å². The van der Waals surface area contributed by atoms with E-state index in [0.29, 0.717) is 5.69 Å². The van der Waals surface area contributed by atoms with Crippen LogP contribution in [0.4, 0.5) is 4.39 Å². The minimum absolute atomic E-state index is 0.172. The van der Waals surface area contributed by atoms with Gasteiger partial charge in [0.25, 0.3) is 0 Å². The normalized spacial score (nSPS) is 11.6. The molecule has 0 radical (unpaired) electrons. The SMILES string of the molecule is CC(C)c1nnn(C(C)C)c1CF. The van der Waals surface area contributed by atoms with Gasteiger partial charge < -0.3 is 0 Å². The fraction of sp³-hybridized carbons (Fsp3) is 0.778. The maximum absolute atomic E-state index is 12.7. The number of hydrogen-bond acceptors (Lipinski definition) is 2. The number of nitrogens with zero attached hydrogens (tertiary/aromatic N) is 3. The Morgan fingerprint density at radius 1 is 1.31 bits per heavy atom. The fourth-order valence-electron chi connectivity index (χ4n) is 1.32. The Morgan fingerprint density at radius 2 is 1.92 bits per heavy atom. The van der Waals surface area contributed by atoms with Crippen molar-refractivity contribution < 1.29 is 4.39 Å². The molecule has 1 aromatic rings. The molecule has 0 saturated carbocycles. The average molecular weight is 185 g/mol. The number of halogens is 1. The third-order valence-corrected chi connectivity index (χ3v) is 1.98. The molecule has 1 aromatic heterocycles. The van der Waals surface area contributed by atoms with Crippen LogP contribution in [0, 0.1) is 0 Å². The van der Waals surface area contributed by atoms with Crippen LogP contribution in [0.2, 0.25) is 0 Å². The highest BCUT2D eigenvalue weighted by Crippen LogP contribution is 2.19. The maximum atomic E-state index is 12.7. The van der Waals surface area contributed by atoms with E-state index < -0.39 is 6.67 Å². The van der Waals surface area contributed by atoms with Crippen LogP contribution in [-0.4, -0.2) is 15.0 Å². The van der Waals surface area contributed by atoms with Gasteiger partial charge in [-0.15, -0.1) is 5.10 Å². The molecule has 1 heterocycles. The molecule has 0 atom stereocenters. The second kappa shape index (κ2) is 3.85. The number of rotatable bonds is 3. The van der Waals surface area contributed by atoms with E-state index in [4.69, 9.17) is 0 Å². The zero-order chi connectivity index (χ0) is 10.0. The molecule has 13 heavy (non-hydrogen) atoms. The molecule has 0 amide bonds. The van der Waals surface area contributed by atoms with Gasteiger partial charge in [-0.2, -0.15) is 0 Å². The van der Waals surface area contributed by atoms with Crippen molar-refractivity contribution in [1.82, 2.24) is 15.0 Å². The Labute approximate surface area is 77.9 Å². The topological polar surface area (TPSA) is 30.7 Å². The summed E-state index contributed by atoms with van der Waals surface area (Å²) in [6, 6.07) is 0.172.